The van der Waals surface area contributed by atoms with E-state index in [2.05, 4.69) is 10.7 Å². The zero-order chi connectivity index (χ0) is 10.6. The van der Waals surface area contributed by atoms with Crippen LogP contribution in [0, 0.1) is 17.8 Å². The lowest BCUT2D eigenvalue weighted by Crippen LogP contribution is -2.42. The van der Waals surface area contributed by atoms with Crippen molar-refractivity contribution in [3.8, 4) is 12.3 Å². The lowest BCUT2D eigenvalue weighted by atomic mass is 9.71. The number of esters is 1. The van der Waals surface area contributed by atoms with Crippen LogP contribution in [-0.4, -0.2) is 18.9 Å². The molecule has 1 unspecified atom stereocenters. The lowest BCUT2D eigenvalue weighted by molar-refractivity contribution is -0.159. The lowest BCUT2D eigenvalue weighted by Gasteiger charge is -2.31. The van der Waals surface area contributed by atoms with Gasteiger partial charge in [0.15, 0.2) is 5.78 Å². The van der Waals surface area contributed by atoms with Crippen LogP contribution >= 0.6 is 0 Å². The SMILES string of the molecule is C#CCC1(C(=O)OC)CCCCC1=O. The average Bonchev–Trinajstić information content (AvgIpc) is 2.20. The maximum Gasteiger partial charge on any atom is 0.320 e. The molecule has 0 aromatic carbocycles. The van der Waals surface area contributed by atoms with Crippen molar-refractivity contribution in [3.63, 3.8) is 0 Å². The highest BCUT2D eigenvalue weighted by Crippen LogP contribution is 2.37. The minimum atomic E-state index is -1.04. The van der Waals surface area contributed by atoms with Crippen LogP contribution in [0.5, 0.6) is 0 Å². The topological polar surface area (TPSA) is 43.4 Å². The molecule has 0 aromatic rings. The Morgan fingerprint density at radius 2 is 2.36 bits per heavy atom. The summed E-state index contributed by atoms with van der Waals surface area (Å²) in [4.78, 5) is 23.3. The average molecular weight is 194 g/mol. The maximum absolute atomic E-state index is 11.7. The summed E-state index contributed by atoms with van der Waals surface area (Å²) in [6.07, 6.45) is 8.04. The molecule has 3 heteroatoms. The highest BCUT2D eigenvalue weighted by Gasteiger charge is 2.46. The Morgan fingerprint density at radius 3 is 2.86 bits per heavy atom. The summed E-state index contributed by atoms with van der Waals surface area (Å²) in [5, 5.41) is 0. The van der Waals surface area contributed by atoms with Crippen LogP contribution in [0.4, 0.5) is 0 Å². The van der Waals surface area contributed by atoms with Gasteiger partial charge in [-0.25, -0.2) is 0 Å². The minimum Gasteiger partial charge on any atom is -0.468 e. The van der Waals surface area contributed by atoms with Crippen LogP contribution in [0.3, 0.4) is 0 Å². The van der Waals surface area contributed by atoms with Crippen LogP contribution in [0.25, 0.3) is 0 Å². The summed E-state index contributed by atoms with van der Waals surface area (Å²) < 4.78 is 4.66. The molecular weight excluding hydrogens is 180 g/mol. The molecule has 0 spiro atoms. The van der Waals surface area contributed by atoms with E-state index in [9.17, 15) is 9.59 Å². The van der Waals surface area contributed by atoms with Gasteiger partial charge in [-0.3, -0.25) is 9.59 Å². The van der Waals surface area contributed by atoms with Gasteiger partial charge in [0, 0.05) is 12.8 Å². The first-order valence-electron chi connectivity index (χ1n) is 4.72. The van der Waals surface area contributed by atoms with Gasteiger partial charge >= 0.3 is 5.97 Å². The van der Waals surface area contributed by atoms with E-state index in [0.717, 1.165) is 12.8 Å². The minimum absolute atomic E-state index is 0.0615. The predicted octanol–water partition coefficient (Wildman–Crippen LogP) is 1.31. The Labute approximate surface area is 83.8 Å². The van der Waals surface area contributed by atoms with Gasteiger partial charge in [-0.1, -0.05) is 6.42 Å². The summed E-state index contributed by atoms with van der Waals surface area (Å²) in [5.41, 5.74) is -1.04. The normalized spacial score (nSPS) is 26.7. The van der Waals surface area contributed by atoms with Gasteiger partial charge in [0.05, 0.1) is 7.11 Å². The van der Waals surface area contributed by atoms with Gasteiger partial charge in [0.25, 0.3) is 0 Å². The Kier molecular flexibility index (Phi) is 3.29. The Hall–Kier alpha value is -1.30. The number of rotatable bonds is 2. The van der Waals surface area contributed by atoms with Crippen LogP contribution in [-0.2, 0) is 14.3 Å². The Balaban J connectivity index is 2.95. The molecule has 0 heterocycles. The van der Waals surface area contributed by atoms with E-state index in [0.29, 0.717) is 12.8 Å². The van der Waals surface area contributed by atoms with Crippen molar-refractivity contribution in [2.24, 2.45) is 5.41 Å². The van der Waals surface area contributed by atoms with E-state index in [-0.39, 0.29) is 12.2 Å². The predicted molar refractivity (Wildman–Crippen MR) is 51.4 cm³/mol. The molecule has 0 saturated heterocycles. The van der Waals surface area contributed by atoms with Crippen molar-refractivity contribution < 1.29 is 14.3 Å². The second-order valence-electron chi connectivity index (χ2n) is 3.58. The quantitative estimate of drug-likeness (QED) is 0.378. The smallest absolute Gasteiger partial charge is 0.320 e. The van der Waals surface area contributed by atoms with Gasteiger partial charge in [0.1, 0.15) is 5.41 Å². The monoisotopic (exact) mass is 194 g/mol. The molecule has 1 aliphatic carbocycles. The van der Waals surface area contributed by atoms with Gasteiger partial charge in [-0.15, -0.1) is 12.3 Å². The molecule has 3 nitrogen and oxygen atoms in total. The van der Waals surface area contributed by atoms with Crippen LogP contribution < -0.4 is 0 Å². The van der Waals surface area contributed by atoms with Crippen molar-refractivity contribution in [3.05, 3.63) is 0 Å². The zero-order valence-electron chi connectivity index (χ0n) is 8.34. The Morgan fingerprint density at radius 1 is 1.64 bits per heavy atom. The molecule has 1 saturated carbocycles. The molecule has 0 aromatic heterocycles. The first kappa shape index (κ1) is 10.8. The van der Waals surface area contributed by atoms with Crippen molar-refractivity contribution >= 4 is 11.8 Å². The second kappa shape index (κ2) is 4.28. The molecule has 1 atom stereocenters. The number of ketones is 1. The van der Waals surface area contributed by atoms with E-state index >= 15 is 0 Å². The third-order valence-corrected chi connectivity index (χ3v) is 2.77. The van der Waals surface area contributed by atoms with E-state index in [1.165, 1.54) is 7.11 Å². The number of Topliss-reactive ketones (excluding diaryl/α,β-unsaturated/α-hetero) is 1. The summed E-state index contributed by atoms with van der Waals surface area (Å²) in [7, 11) is 1.29. The first-order chi connectivity index (χ1) is 6.67. The van der Waals surface area contributed by atoms with Gasteiger partial charge < -0.3 is 4.74 Å². The molecule has 76 valence electrons. The number of carbonyl (C=O) groups is 2. The third kappa shape index (κ3) is 1.65. The highest BCUT2D eigenvalue weighted by molar-refractivity contribution is 6.04. The molecule has 0 bridgehead atoms. The zero-order valence-corrected chi connectivity index (χ0v) is 8.34. The van der Waals surface area contributed by atoms with Gasteiger partial charge in [-0.05, 0) is 12.8 Å². The molecule has 0 radical (unpaired) electrons. The summed E-state index contributed by atoms with van der Waals surface area (Å²) in [6.45, 7) is 0. The number of hydrogen-bond donors (Lipinski definition) is 0. The first-order valence-corrected chi connectivity index (χ1v) is 4.72. The fourth-order valence-corrected chi connectivity index (χ4v) is 1.94. The van der Waals surface area contributed by atoms with Crippen molar-refractivity contribution in [2.45, 2.75) is 32.1 Å². The Bertz CT molecular complexity index is 277. The molecular formula is C11H14O3. The number of hydrogen-bond acceptors (Lipinski definition) is 3. The number of carbonyl (C=O) groups excluding carboxylic acids is 2. The summed E-state index contributed by atoms with van der Waals surface area (Å²) >= 11 is 0. The molecule has 1 aliphatic rings. The fourth-order valence-electron chi connectivity index (χ4n) is 1.94. The van der Waals surface area contributed by atoms with E-state index in [4.69, 9.17) is 6.42 Å². The van der Waals surface area contributed by atoms with Crippen molar-refractivity contribution in [2.75, 3.05) is 7.11 Å². The third-order valence-electron chi connectivity index (χ3n) is 2.77. The van der Waals surface area contributed by atoms with Crippen molar-refractivity contribution in [1.82, 2.24) is 0 Å². The number of ether oxygens (including phenoxy) is 1. The largest absolute Gasteiger partial charge is 0.468 e. The summed E-state index contributed by atoms with van der Waals surface area (Å²) in [5.74, 6) is 1.87. The van der Waals surface area contributed by atoms with Crippen LogP contribution in [0.15, 0.2) is 0 Å². The van der Waals surface area contributed by atoms with Gasteiger partial charge in [0.2, 0.25) is 0 Å². The van der Waals surface area contributed by atoms with E-state index in [1.807, 2.05) is 0 Å². The van der Waals surface area contributed by atoms with Crippen molar-refractivity contribution in [1.29, 1.82) is 0 Å². The fraction of sp³-hybridized carbons (Fsp3) is 0.636. The summed E-state index contributed by atoms with van der Waals surface area (Å²) in [6, 6.07) is 0. The maximum atomic E-state index is 11.7. The molecule has 1 fully saturated rings. The van der Waals surface area contributed by atoms with Crippen LogP contribution in [0.1, 0.15) is 32.1 Å². The number of terminal acetylenes is 1. The highest BCUT2D eigenvalue weighted by atomic mass is 16.5. The molecule has 14 heavy (non-hydrogen) atoms. The number of methoxy groups -OCH3 is 1. The molecule has 1 rings (SSSR count). The molecule has 0 aliphatic heterocycles. The van der Waals surface area contributed by atoms with E-state index in [1.54, 1.807) is 0 Å². The van der Waals surface area contributed by atoms with E-state index < -0.39 is 11.4 Å². The standard InChI is InChI=1S/C11H14O3/c1-3-7-11(10(13)14-2)8-5-4-6-9(11)12/h1H,4-8H2,2H3. The van der Waals surface area contributed by atoms with Gasteiger partial charge in [-0.2, -0.15) is 0 Å². The second-order valence-corrected chi connectivity index (χ2v) is 3.58. The molecule has 0 N–H and O–H groups in total. The van der Waals surface area contributed by atoms with Crippen LogP contribution in [0.2, 0.25) is 0 Å². The molecule has 0 amide bonds.